The highest BCUT2D eigenvalue weighted by atomic mass is 16.3. The van der Waals surface area contributed by atoms with Crippen LogP contribution >= 0.6 is 0 Å². The second-order valence-corrected chi connectivity index (χ2v) is 12.2. The zero-order valence-electron chi connectivity index (χ0n) is 20.3. The lowest BCUT2D eigenvalue weighted by Crippen LogP contribution is -2.57. The summed E-state index contributed by atoms with van der Waals surface area (Å²) in [6.07, 6.45) is 6.52. The van der Waals surface area contributed by atoms with Crippen LogP contribution in [0.1, 0.15) is 79.1 Å². The number of carbonyl (C=O) groups is 1. The van der Waals surface area contributed by atoms with Gasteiger partial charge in [0.25, 0.3) is 0 Å². The molecule has 3 fully saturated rings. The predicted molar refractivity (Wildman–Crippen MR) is 124 cm³/mol. The van der Waals surface area contributed by atoms with Crippen molar-refractivity contribution in [3.8, 4) is 0 Å². The van der Waals surface area contributed by atoms with Crippen LogP contribution in [0.4, 0.5) is 0 Å². The van der Waals surface area contributed by atoms with Gasteiger partial charge in [-0.1, -0.05) is 33.3 Å². The minimum Gasteiger partial charge on any atom is -0.396 e. The summed E-state index contributed by atoms with van der Waals surface area (Å²) in [5.74, 6) is 1.17. The SMILES string of the molecule is CC(CO)CCC(O)C(C)C1C(O)CC2C3CCC4=CC(=O)CCC4(C)C3CC(O)C21C. The first-order chi connectivity index (χ1) is 15.0. The summed E-state index contributed by atoms with van der Waals surface area (Å²) < 4.78 is 0. The van der Waals surface area contributed by atoms with E-state index in [1.165, 1.54) is 5.57 Å². The van der Waals surface area contributed by atoms with Gasteiger partial charge < -0.3 is 20.4 Å². The van der Waals surface area contributed by atoms with Gasteiger partial charge in [0, 0.05) is 18.4 Å². The number of hydrogen-bond acceptors (Lipinski definition) is 5. The summed E-state index contributed by atoms with van der Waals surface area (Å²) in [4.78, 5) is 12.1. The van der Waals surface area contributed by atoms with Crippen LogP contribution in [0.3, 0.4) is 0 Å². The molecule has 182 valence electrons. The van der Waals surface area contributed by atoms with Crippen molar-refractivity contribution in [3.63, 3.8) is 0 Å². The molecule has 5 nitrogen and oxygen atoms in total. The minimum absolute atomic E-state index is 0.0201. The third kappa shape index (κ3) is 3.72. The third-order valence-corrected chi connectivity index (χ3v) is 10.6. The number of ketones is 1. The number of fused-ring (bicyclic) bond motifs is 5. The molecule has 5 heteroatoms. The number of aliphatic hydroxyl groups is 4. The van der Waals surface area contributed by atoms with E-state index in [2.05, 4.69) is 13.8 Å². The van der Waals surface area contributed by atoms with Gasteiger partial charge in [-0.2, -0.15) is 0 Å². The largest absolute Gasteiger partial charge is 0.396 e. The molecule has 3 saturated carbocycles. The highest BCUT2D eigenvalue weighted by molar-refractivity contribution is 5.91. The lowest BCUT2D eigenvalue weighted by atomic mass is 9.45. The fourth-order valence-corrected chi connectivity index (χ4v) is 8.56. The zero-order chi connectivity index (χ0) is 23.4. The Morgan fingerprint density at radius 3 is 2.50 bits per heavy atom. The molecule has 4 aliphatic rings. The Labute approximate surface area is 193 Å². The van der Waals surface area contributed by atoms with E-state index in [-0.39, 0.29) is 41.5 Å². The number of hydrogen-bond donors (Lipinski definition) is 4. The van der Waals surface area contributed by atoms with E-state index >= 15 is 0 Å². The van der Waals surface area contributed by atoms with Crippen molar-refractivity contribution < 1.29 is 25.2 Å². The highest BCUT2D eigenvalue weighted by Crippen LogP contribution is 2.67. The van der Waals surface area contributed by atoms with E-state index in [1.807, 2.05) is 19.9 Å². The van der Waals surface area contributed by atoms with Crippen LogP contribution < -0.4 is 0 Å². The second kappa shape index (κ2) is 8.79. The first-order valence-electron chi connectivity index (χ1n) is 12.9. The molecule has 4 N–H and O–H groups in total. The number of rotatable bonds is 6. The Balaban J connectivity index is 1.58. The monoisotopic (exact) mass is 448 g/mol. The van der Waals surface area contributed by atoms with Crippen molar-refractivity contribution in [2.24, 2.45) is 46.3 Å². The number of allylic oxidation sites excluding steroid dienone is 1. The van der Waals surface area contributed by atoms with Gasteiger partial charge in [-0.15, -0.1) is 0 Å². The maximum atomic E-state index is 12.1. The second-order valence-electron chi connectivity index (χ2n) is 12.2. The molecule has 4 aliphatic carbocycles. The topological polar surface area (TPSA) is 98.0 Å². The van der Waals surface area contributed by atoms with E-state index in [1.54, 1.807) is 0 Å². The Morgan fingerprint density at radius 1 is 1.09 bits per heavy atom. The molecular formula is C27H44O5. The molecule has 11 unspecified atom stereocenters. The van der Waals surface area contributed by atoms with Gasteiger partial charge in [-0.3, -0.25) is 4.79 Å². The molecule has 0 amide bonds. The summed E-state index contributed by atoms with van der Waals surface area (Å²) >= 11 is 0. The fourth-order valence-electron chi connectivity index (χ4n) is 8.56. The standard InChI is InChI=1S/C27H44O5/c1-15(14-28)5-8-22(30)16(2)25-23(31)12-21-19-7-6-17-11-18(29)9-10-26(17,3)20(19)13-24(32)27(21,25)4/h11,15-16,19-25,28,30-32H,5-10,12-14H2,1-4H3. The van der Waals surface area contributed by atoms with Gasteiger partial charge in [0.2, 0.25) is 0 Å². The van der Waals surface area contributed by atoms with Crippen LogP contribution in [0.15, 0.2) is 11.6 Å². The Morgan fingerprint density at radius 2 is 1.81 bits per heavy atom. The van der Waals surface area contributed by atoms with Crippen molar-refractivity contribution in [1.82, 2.24) is 0 Å². The zero-order valence-corrected chi connectivity index (χ0v) is 20.3. The van der Waals surface area contributed by atoms with Gasteiger partial charge in [0.05, 0.1) is 18.3 Å². The Kier molecular flexibility index (Phi) is 6.70. The smallest absolute Gasteiger partial charge is 0.155 e. The molecule has 0 heterocycles. The van der Waals surface area contributed by atoms with Crippen molar-refractivity contribution in [2.45, 2.75) is 97.4 Å². The van der Waals surface area contributed by atoms with Gasteiger partial charge in [-0.25, -0.2) is 0 Å². The van der Waals surface area contributed by atoms with Crippen LogP contribution in [0.25, 0.3) is 0 Å². The Hall–Kier alpha value is -0.750. The average Bonchev–Trinajstić information content (AvgIpc) is 3.04. The lowest BCUT2D eigenvalue weighted by molar-refractivity contribution is -0.151. The van der Waals surface area contributed by atoms with Gasteiger partial charge >= 0.3 is 0 Å². The number of aliphatic hydroxyl groups excluding tert-OH is 4. The first-order valence-corrected chi connectivity index (χ1v) is 12.9. The highest BCUT2D eigenvalue weighted by Gasteiger charge is 2.65. The lowest BCUT2D eigenvalue weighted by Gasteiger charge is -2.60. The molecule has 0 aromatic heterocycles. The summed E-state index contributed by atoms with van der Waals surface area (Å²) in [6, 6.07) is 0. The van der Waals surface area contributed by atoms with Crippen LogP contribution in [-0.4, -0.2) is 51.1 Å². The van der Waals surface area contributed by atoms with E-state index in [0.717, 1.165) is 25.7 Å². The molecular weight excluding hydrogens is 404 g/mol. The van der Waals surface area contributed by atoms with E-state index < -0.39 is 23.7 Å². The Bertz CT molecular complexity index is 748. The van der Waals surface area contributed by atoms with Gasteiger partial charge in [-0.05, 0) is 91.9 Å². The fraction of sp³-hybridized carbons (Fsp3) is 0.889. The summed E-state index contributed by atoms with van der Waals surface area (Å²) in [7, 11) is 0. The first kappa shape index (κ1) is 24.4. The van der Waals surface area contributed by atoms with Crippen molar-refractivity contribution >= 4 is 5.78 Å². The molecule has 0 radical (unpaired) electrons. The van der Waals surface area contributed by atoms with E-state index in [4.69, 9.17) is 0 Å². The van der Waals surface area contributed by atoms with Gasteiger partial charge in [0.15, 0.2) is 5.78 Å². The maximum absolute atomic E-state index is 12.1. The molecule has 0 aromatic rings. The molecule has 0 spiro atoms. The summed E-state index contributed by atoms with van der Waals surface area (Å²) in [6.45, 7) is 8.60. The van der Waals surface area contributed by atoms with Crippen molar-refractivity contribution in [1.29, 1.82) is 0 Å². The predicted octanol–water partition coefficient (Wildman–Crippen LogP) is 3.48. The molecule has 32 heavy (non-hydrogen) atoms. The molecule has 0 saturated heterocycles. The molecule has 0 bridgehead atoms. The maximum Gasteiger partial charge on any atom is 0.155 e. The molecule has 0 aromatic carbocycles. The normalized spacial score (nSPS) is 46.5. The quantitative estimate of drug-likeness (QED) is 0.499. The molecule has 0 aliphatic heterocycles. The van der Waals surface area contributed by atoms with Crippen LogP contribution in [-0.2, 0) is 4.79 Å². The minimum atomic E-state index is -0.549. The van der Waals surface area contributed by atoms with Crippen molar-refractivity contribution in [2.75, 3.05) is 6.61 Å². The summed E-state index contributed by atoms with van der Waals surface area (Å²) in [5, 5.41) is 43.1. The number of carbonyl (C=O) groups excluding carboxylic acids is 1. The third-order valence-electron chi connectivity index (χ3n) is 10.6. The average molecular weight is 449 g/mol. The van der Waals surface area contributed by atoms with E-state index in [0.29, 0.717) is 37.5 Å². The van der Waals surface area contributed by atoms with Crippen molar-refractivity contribution in [3.05, 3.63) is 11.6 Å². The van der Waals surface area contributed by atoms with Crippen LogP contribution in [0.5, 0.6) is 0 Å². The molecule has 11 atom stereocenters. The van der Waals surface area contributed by atoms with Crippen LogP contribution in [0.2, 0.25) is 0 Å². The van der Waals surface area contributed by atoms with Gasteiger partial charge in [0.1, 0.15) is 0 Å². The van der Waals surface area contributed by atoms with E-state index in [9.17, 15) is 25.2 Å². The molecule has 4 rings (SSSR count). The van der Waals surface area contributed by atoms with Crippen LogP contribution in [0, 0.1) is 46.3 Å². The summed E-state index contributed by atoms with van der Waals surface area (Å²) in [5.41, 5.74) is 0.849.